The summed E-state index contributed by atoms with van der Waals surface area (Å²) < 4.78 is 40.6. The van der Waals surface area contributed by atoms with Crippen molar-refractivity contribution in [2.24, 2.45) is 23.7 Å². The average Bonchev–Trinajstić information content (AvgIpc) is 2.86. The third kappa shape index (κ3) is 5.99. The van der Waals surface area contributed by atoms with Gasteiger partial charge < -0.3 is 9.47 Å². The maximum absolute atomic E-state index is 14.6. The number of hydrogen-bond donors (Lipinski definition) is 0. The van der Waals surface area contributed by atoms with E-state index in [-0.39, 0.29) is 11.7 Å². The lowest BCUT2D eigenvalue weighted by Crippen LogP contribution is -2.37. The van der Waals surface area contributed by atoms with E-state index in [4.69, 9.17) is 9.47 Å². The summed E-state index contributed by atoms with van der Waals surface area (Å²) in [5.41, 5.74) is 0.516. The Kier molecular flexibility index (Phi) is 8.85. The van der Waals surface area contributed by atoms with Crippen LogP contribution in [0.25, 0.3) is 0 Å². The van der Waals surface area contributed by atoms with E-state index in [9.17, 15) is 8.78 Å². The molecule has 2 aliphatic carbocycles. The SMILES string of the molecule is C=CCCC1CCC(C2CCC(C3CCC(c4ccc(OCC)c(F)c4F)CC3)OC2)CC1. The number of benzene rings is 1. The van der Waals surface area contributed by atoms with Crippen LogP contribution < -0.4 is 4.74 Å². The van der Waals surface area contributed by atoms with E-state index >= 15 is 0 Å². The third-order valence-electron chi connectivity index (χ3n) is 8.80. The Morgan fingerprint density at radius 3 is 2.24 bits per heavy atom. The third-order valence-corrected chi connectivity index (χ3v) is 8.80. The van der Waals surface area contributed by atoms with Gasteiger partial charge in [0.15, 0.2) is 11.6 Å². The summed E-state index contributed by atoms with van der Waals surface area (Å²) in [5, 5.41) is 0. The van der Waals surface area contributed by atoms with Crippen molar-refractivity contribution >= 4 is 0 Å². The topological polar surface area (TPSA) is 18.5 Å². The summed E-state index contributed by atoms with van der Waals surface area (Å²) in [6, 6.07) is 3.31. The summed E-state index contributed by atoms with van der Waals surface area (Å²) >= 11 is 0. The van der Waals surface area contributed by atoms with Crippen LogP contribution in [0.5, 0.6) is 5.75 Å². The van der Waals surface area contributed by atoms with Crippen molar-refractivity contribution in [1.82, 2.24) is 0 Å². The summed E-state index contributed by atoms with van der Waals surface area (Å²) in [4.78, 5) is 0. The van der Waals surface area contributed by atoms with Gasteiger partial charge in [-0.1, -0.05) is 25.0 Å². The zero-order valence-electron chi connectivity index (χ0n) is 20.4. The number of ether oxygens (including phenoxy) is 2. The second kappa shape index (κ2) is 11.8. The van der Waals surface area contributed by atoms with Crippen LogP contribution in [-0.2, 0) is 4.74 Å². The minimum atomic E-state index is -0.840. The maximum atomic E-state index is 14.6. The summed E-state index contributed by atoms with van der Waals surface area (Å²) in [5.74, 6) is 1.60. The van der Waals surface area contributed by atoms with Crippen molar-refractivity contribution in [3.8, 4) is 5.75 Å². The first-order valence-corrected chi connectivity index (χ1v) is 13.4. The highest BCUT2D eigenvalue weighted by Gasteiger charge is 2.36. The second-order valence-corrected chi connectivity index (χ2v) is 10.7. The van der Waals surface area contributed by atoms with Gasteiger partial charge in [-0.2, -0.15) is 4.39 Å². The first-order chi connectivity index (χ1) is 16.1. The molecular weight excluding hydrogens is 418 g/mol. The van der Waals surface area contributed by atoms with E-state index in [0.717, 1.165) is 56.5 Å². The van der Waals surface area contributed by atoms with Crippen molar-refractivity contribution in [3.05, 3.63) is 42.0 Å². The minimum absolute atomic E-state index is 0.0165. The molecule has 0 amide bonds. The Balaban J connectivity index is 1.22. The lowest BCUT2D eigenvalue weighted by Gasteiger charge is -2.41. The number of rotatable bonds is 8. The van der Waals surface area contributed by atoms with Crippen molar-refractivity contribution in [3.63, 3.8) is 0 Å². The molecule has 1 aliphatic heterocycles. The Labute approximate surface area is 199 Å². The molecule has 33 heavy (non-hydrogen) atoms. The van der Waals surface area contributed by atoms with Crippen LogP contribution >= 0.6 is 0 Å². The molecule has 4 rings (SSSR count). The van der Waals surface area contributed by atoms with Gasteiger partial charge in [-0.05, 0) is 112 Å². The monoisotopic (exact) mass is 460 g/mol. The first-order valence-electron chi connectivity index (χ1n) is 13.4. The van der Waals surface area contributed by atoms with E-state index in [1.807, 2.05) is 0 Å². The largest absolute Gasteiger partial charge is 0.491 e. The Morgan fingerprint density at radius 1 is 0.909 bits per heavy atom. The highest BCUT2D eigenvalue weighted by Crippen LogP contribution is 2.44. The van der Waals surface area contributed by atoms with E-state index in [2.05, 4.69) is 12.7 Å². The predicted molar refractivity (Wildman–Crippen MR) is 130 cm³/mol. The first kappa shape index (κ1) is 24.7. The molecular formula is C29H42F2O2. The van der Waals surface area contributed by atoms with E-state index in [0.29, 0.717) is 24.2 Å². The molecule has 2 atom stereocenters. The molecule has 2 unspecified atom stereocenters. The van der Waals surface area contributed by atoms with Crippen LogP contribution in [-0.4, -0.2) is 19.3 Å². The molecule has 1 heterocycles. The quantitative estimate of drug-likeness (QED) is 0.364. The molecule has 0 N–H and O–H groups in total. The van der Waals surface area contributed by atoms with Gasteiger partial charge in [-0.15, -0.1) is 6.58 Å². The van der Waals surface area contributed by atoms with Gasteiger partial charge in [0.05, 0.1) is 19.3 Å². The fourth-order valence-corrected chi connectivity index (χ4v) is 6.77. The molecule has 4 heteroatoms. The number of halogens is 2. The fourth-order valence-electron chi connectivity index (χ4n) is 6.77. The van der Waals surface area contributed by atoms with Gasteiger partial charge in [0.25, 0.3) is 0 Å². The molecule has 1 aromatic carbocycles. The van der Waals surface area contributed by atoms with Crippen LogP contribution in [0.4, 0.5) is 8.78 Å². The zero-order chi connectivity index (χ0) is 23.2. The molecule has 0 radical (unpaired) electrons. The van der Waals surface area contributed by atoms with Gasteiger partial charge in [0, 0.05) is 0 Å². The summed E-state index contributed by atoms with van der Waals surface area (Å²) in [6.07, 6.45) is 16.8. The second-order valence-electron chi connectivity index (χ2n) is 10.7. The van der Waals surface area contributed by atoms with Gasteiger partial charge in [0.1, 0.15) is 0 Å². The van der Waals surface area contributed by atoms with E-state index in [1.165, 1.54) is 44.9 Å². The molecule has 3 aliphatic rings. The molecule has 2 saturated carbocycles. The lowest BCUT2D eigenvalue weighted by molar-refractivity contribution is -0.0724. The maximum Gasteiger partial charge on any atom is 0.200 e. The number of allylic oxidation sites excluding steroid dienone is 1. The van der Waals surface area contributed by atoms with Crippen molar-refractivity contribution in [2.45, 2.75) is 96.0 Å². The van der Waals surface area contributed by atoms with Gasteiger partial charge in [-0.3, -0.25) is 0 Å². The minimum Gasteiger partial charge on any atom is -0.491 e. The van der Waals surface area contributed by atoms with Gasteiger partial charge in [-0.25, -0.2) is 4.39 Å². The normalized spacial score (nSPS) is 32.9. The standard InChI is InChI=1S/C29H42F2O2/c1-3-5-6-20-7-9-21(10-8-20)24-15-17-26(33-19-24)23-13-11-22(12-14-23)25-16-18-27(32-4-2)29(31)28(25)30/h3,16,18,20-24,26H,1,4-15,17,19H2,2H3. The average molecular weight is 461 g/mol. The lowest BCUT2D eigenvalue weighted by atomic mass is 9.71. The highest BCUT2D eigenvalue weighted by molar-refractivity contribution is 5.33. The summed E-state index contributed by atoms with van der Waals surface area (Å²) in [6.45, 7) is 6.89. The Bertz CT molecular complexity index is 755. The number of hydrogen-bond acceptors (Lipinski definition) is 2. The fraction of sp³-hybridized carbons (Fsp3) is 0.724. The molecule has 1 saturated heterocycles. The van der Waals surface area contributed by atoms with Crippen LogP contribution in [0.1, 0.15) is 95.5 Å². The predicted octanol–water partition coefficient (Wildman–Crippen LogP) is 8.21. The molecule has 2 nitrogen and oxygen atoms in total. The Morgan fingerprint density at radius 2 is 1.61 bits per heavy atom. The van der Waals surface area contributed by atoms with Crippen LogP contribution in [0.2, 0.25) is 0 Å². The molecule has 184 valence electrons. The van der Waals surface area contributed by atoms with Crippen molar-refractivity contribution in [1.29, 1.82) is 0 Å². The van der Waals surface area contributed by atoms with Crippen LogP contribution in [0, 0.1) is 35.3 Å². The summed E-state index contributed by atoms with van der Waals surface area (Å²) in [7, 11) is 0. The molecule has 1 aromatic rings. The molecule has 3 fully saturated rings. The van der Waals surface area contributed by atoms with Crippen LogP contribution in [0.15, 0.2) is 24.8 Å². The highest BCUT2D eigenvalue weighted by atomic mass is 19.2. The van der Waals surface area contributed by atoms with E-state index < -0.39 is 11.6 Å². The molecule has 0 aromatic heterocycles. The molecule has 0 spiro atoms. The smallest absolute Gasteiger partial charge is 0.200 e. The van der Waals surface area contributed by atoms with Crippen molar-refractivity contribution in [2.75, 3.05) is 13.2 Å². The van der Waals surface area contributed by atoms with Gasteiger partial charge in [0.2, 0.25) is 5.82 Å². The van der Waals surface area contributed by atoms with E-state index in [1.54, 1.807) is 19.1 Å². The molecule has 0 bridgehead atoms. The van der Waals surface area contributed by atoms with Gasteiger partial charge >= 0.3 is 0 Å². The zero-order valence-corrected chi connectivity index (χ0v) is 20.4. The van der Waals surface area contributed by atoms with Crippen LogP contribution in [0.3, 0.4) is 0 Å². The Hall–Kier alpha value is -1.42. The van der Waals surface area contributed by atoms with Crippen molar-refractivity contribution < 1.29 is 18.3 Å².